The van der Waals surface area contributed by atoms with E-state index in [2.05, 4.69) is 10.0 Å². The number of anilines is 2. The number of ether oxygens (including phenoxy) is 3. The number of amides is 1. The first-order chi connectivity index (χ1) is 16.4. The summed E-state index contributed by atoms with van der Waals surface area (Å²) in [6, 6.07) is 10.4. The van der Waals surface area contributed by atoms with Gasteiger partial charge < -0.3 is 19.5 Å². The van der Waals surface area contributed by atoms with Crippen molar-refractivity contribution in [1.29, 1.82) is 0 Å². The largest absolute Gasteiger partial charge is 0.492 e. The lowest BCUT2D eigenvalue weighted by Crippen LogP contribution is -2.40. The number of halogens is 3. The van der Waals surface area contributed by atoms with Crippen molar-refractivity contribution in [2.24, 2.45) is 17.8 Å². The minimum atomic E-state index is -4.07. The Morgan fingerprint density at radius 1 is 1.14 bits per heavy atom. The molecule has 3 rings (SSSR count). The average molecular weight is 732 g/mol. The zero-order valence-electron chi connectivity index (χ0n) is 19.4. The van der Waals surface area contributed by atoms with Gasteiger partial charge in [0.15, 0.2) is 0 Å². The minimum absolute atomic E-state index is 0.0654. The lowest BCUT2D eigenvalue weighted by atomic mass is 9.81. The van der Waals surface area contributed by atoms with E-state index in [1.54, 1.807) is 13.0 Å². The number of carbonyl (C=O) groups excluding carboxylic acids is 1. The Balaban J connectivity index is 1.82. The van der Waals surface area contributed by atoms with Gasteiger partial charge in [0.05, 0.1) is 12.3 Å². The zero-order valence-corrected chi connectivity index (χ0v) is 24.5. The van der Waals surface area contributed by atoms with Gasteiger partial charge in [0.2, 0.25) is 5.91 Å². The molecule has 1 saturated heterocycles. The van der Waals surface area contributed by atoms with Crippen molar-refractivity contribution >= 4 is 72.5 Å². The molecule has 1 fully saturated rings. The van der Waals surface area contributed by atoms with E-state index in [0.29, 0.717) is 18.9 Å². The third kappa shape index (κ3) is 7.79. The summed E-state index contributed by atoms with van der Waals surface area (Å²) in [6.45, 7) is 6.94. The predicted molar refractivity (Wildman–Crippen MR) is 149 cm³/mol. The van der Waals surface area contributed by atoms with Gasteiger partial charge >= 0.3 is 1.87 Å². The average Bonchev–Trinajstić information content (AvgIpc) is 2.72. The second-order valence-corrected chi connectivity index (χ2v) is 14.8. The molecule has 1 heterocycles. The summed E-state index contributed by atoms with van der Waals surface area (Å²) in [6.07, 6.45) is 0. The molecule has 1 amide bonds. The molecular formula is C23H27FI2N2O6S. The fourth-order valence-electron chi connectivity index (χ4n) is 3.99. The molecule has 3 atom stereocenters. The van der Waals surface area contributed by atoms with Gasteiger partial charge in [0.25, 0.3) is 10.0 Å². The zero-order chi connectivity index (χ0) is 25.8. The van der Waals surface area contributed by atoms with E-state index < -0.39 is 11.9 Å². The van der Waals surface area contributed by atoms with E-state index in [1.807, 2.05) is 13.8 Å². The summed E-state index contributed by atoms with van der Waals surface area (Å²) in [7, 11) is -4.07. The molecule has 1 aliphatic rings. The molecule has 0 aliphatic carbocycles. The van der Waals surface area contributed by atoms with E-state index in [-0.39, 0.29) is 52.3 Å². The van der Waals surface area contributed by atoms with Crippen LogP contribution in [0.3, 0.4) is 0 Å². The number of alkyl halides is 3. The standard InChI is InChI=1S/C23H27FI2N2O6S/c1-4-33-19-11-16(27-22(29)21-14(2)12-32-13-15(21)3)8-9-20(19)35(30,31)28-17-6-5-7-18(10-17)34-23(24,25)26/h5-11,14-15,21,28H,4,12-13H2,1-3H3,(H,27,29)/t14-,15+,21+. The summed E-state index contributed by atoms with van der Waals surface area (Å²) in [5, 5.41) is 2.89. The topological polar surface area (TPSA) is 103 Å². The molecule has 0 saturated carbocycles. The Hall–Kier alpha value is -1.39. The summed E-state index contributed by atoms with van der Waals surface area (Å²) < 4.78 is 56.8. The number of hydrogen-bond donors (Lipinski definition) is 2. The maximum absolute atomic E-state index is 13.8. The summed E-state index contributed by atoms with van der Waals surface area (Å²) in [5.74, 6) is 0.0332. The lowest BCUT2D eigenvalue weighted by Gasteiger charge is -2.33. The highest BCUT2D eigenvalue weighted by Gasteiger charge is 2.34. The minimum Gasteiger partial charge on any atom is -0.492 e. The Bertz CT molecular complexity index is 1150. The maximum atomic E-state index is 13.8. The van der Waals surface area contributed by atoms with Crippen LogP contribution >= 0.6 is 45.2 Å². The Kier molecular flexibility index (Phi) is 9.48. The van der Waals surface area contributed by atoms with Gasteiger partial charge in [-0.25, -0.2) is 8.42 Å². The molecule has 2 N–H and O–H groups in total. The Morgan fingerprint density at radius 2 is 1.83 bits per heavy atom. The smallest absolute Gasteiger partial charge is 0.350 e. The summed E-state index contributed by atoms with van der Waals surface area (Å²) in [5.41, 5.74) is 0.629. The second kappa shape index (κ2) is 11.8. The van der Waals surface area contributed by atoms with Crippen LogP contribution < -0.4 is 19.5 Å². The highest BCUT2D eigenvalue weighted by Crippen LogP contribution is 2.35. The number of carbonyl (C=O) groups is 1. The molecular weight excluding hydrogens is 705 g/mol. The van der Waals surface area contributed by atoms with Gasteiger partial charge in [-0.05, 0) is 43.0 Å². The molecule has 1 aliphatic heterocycles. The molecule has 192 valence electrons. The van der Waals surface area contributed by atoms with E-state index in [9.17, 15) is 17.6 Å². The normalized spacial score (nSPS) is 20.7. The van der Waals surface area contributed by atoms with Crippen molar-refractivity contribution in [3.8, 4) is 11.5 Å². The van der Waals surface area contributed by atoms with Crippen LogP contribution in [-0.2, 0) is 19.6 Å². The predicted octanol–water partition coefficient (Wildman–Crippen LogP) is 5.57. The van der Waals surface area contributed by atoms with Crippen LogP contribution in [0.1, 0.15) is 20.8 Å². The van der Waals surface area contributed by atoms with Gasteiger partial charge in [0, 0.05) is 82.1 Å². The molecule has 2 aromatic rings. The van der Waals surface area contributed by atoms with Crippen molar-refractivity contribution in [1.82, 2.24) is 0 Å². The SMILES string of the molecule is CCOc1cc(NC(=O)[C@H]2[C@H](C)COC[C@@H]2C)ccc1S(=O)(=O)Nc1cccc(OC(F)(I)I)c1. The molecule has 0 spiro atoms. The molecule has 0 bridgehead atoms. The first kappa shape index (κ1) is 28.2. The van der Waals surface area contributed by atoms with Crippen molar-refractivity contribution in [3.63, 3.8) is 0 Å². The molecule has 12 heteroatoms. The van der Waals surface area contributed by atoms with Crippen LogP contribution in [0, 0.1) is 17.8 Å². The number of hydrogen-bond acceptors (Lipinski definition) is 6. The fourth-order valence-corrected chi connectivity index (χ4v) is 5.68. The Labute approximate surface area is 232 Å². The van der Waals surface area contributed by atoms with E-state index in [4.69, 9.17) is 14.2 Å². The molecule has 2 aromatic carbocycles. The molecule has 0 radical (unpaired) electrons. The molecule has 35 heavy (non-hydrogen) atoms. The van der Waals surface area contributed by atoms with Crippen LogP contribution in [0.4, 0.5) is 15.8 Å². The van der Waals surface area contributed by atoms with E-state index >= 15 is 0 Å². The van der Waals surface area contributed by atoms with E-state index in [1.165, 1.54) is 81.6 Å². The monoisotopic (exact) mass is 732 g/mol. The highest BCUT2D eigenvalue weighted by atomic mass is 127. The van der Waals surface area contributed by atoms with Crippen molar-refractivity contribution in [2.75, 3.05) is 29.9 Å². The highest BCUT2D eigenvalue weighted by molar-refractivity contribution is 14.2. The maximum Gasteiger partial charge on any atom is 0.350 e. The van der Waals surface area contributed by atoms with Crippen molar-refractivity contribution in [3.05, 3.63) is 42.5 Å². The van der Waals surface area contributed by atoms with Gasteiger partial charge in [0.1, 0.15) is 16.4 Å². The number of benzene rings is 2. The van der Waals surface area contributed by atoms with Gasteiger partial charge in [-0.3, -0.25) is 9.52 Å². The van der Waals surface area contributed by atoms with Crippen LogP contribution in [0.5, 0.6) is 11.5 Å². The fraction of sp³-hybridized carbons (Fsp3) is 0.435. The molecule has 8 nitrogen and oxygen atoms in total. The number of nitrogens with one attached hydrogen (secondary N) is 2. The Morgan fingerprint density at radius 3 is 2.46 bits per heavy atom. The van der Waals surface area contributed by atoms with Crippen LogP contribution in [-0.4, -0.2) is 36.0 Å². The third-order valence-corrected chi connectivity index (χ3v) is 7.27. The quantitative estimate of drug-likeness (QED) is 0.258. The van der Waals surface area contributed by atoms with Gasteiger partial charge in [-0.15, -0.1) is 0 Å². The summed E-state index contributed by atoms with van der Waals surface area (Å²) in [4.78, 5) is 12.8. The van der Waals surface area contributed by atoms with Crippen LogP contribution in [0.2, 0.25) is 0 Å². The van der Waals surface area contributed by atoms with Crippen molar-refractivity contribution < 1.29 is 31.8 Å². The number of rotatable bonds is 9. The number of sulfonamides is 1. The molecule has 0 aromatic heterocycles. The van der Waals surface area contributed by atoms with Crippen molar-refractivity contribution in [2.45, 2.75) is 27.5 Å². The van der Waals surface area contributed by atoms with E-state index in [0.717, 1.165) is 0 Å². The third-order valence-electron chi connectivity index (χ3n) is 5.41. The second-order valence-electron chi connectivity index (χ2n) is 8.28. The van der Waals surface area contributed by atoms with Crippen LogP contribution in [0.15, 0.2) is 47.4 Å². The molecule has 0 unspecified atom stereocenters. The van der Waals surface area contributed by atoms with Gasteiger partial charge in [-0.1, -0.05) is 19.9 Å². The summed E-state index contributed by atoms with van der Waals surface area (Å²) >= 11 is 2.95. The first-order valence-electron chi connectivity index (χ1n) is 10.9. The first-order valence-corrected chi connectivity index (χ1v) is 14.6. The van der Waals surface area contributed by atoms with Gasteiger partial charge in [-0.2, -0.15) is 4.39 Å². The van der Waals surface area contributed by atoms with Crippen LogP contribution in [0.25, 0.3) is 0 Å². The lowest BCUT2D eigenvalue weighted by molar-refractivity contribution is -0.129.